The van der Waals surface area contributed by atoms with Crippen LogP contribution >= 0.6 is 23.2 Å². The molecule has 0 amide bonds. The fourth-order valence-corrected chi connectivity index (χ4v) is 2.85. The molecule has 0 atom stereocenters. The fraction of sp³-hybridized carbons (Fsp3) is 0.250. The zero-order valence-electron chi connectivity index (χ0n) is 11.7. The third kappa shape index (κ3) is 2.89. The minimum absolute atomic E-state index is 0.410. The highest BCUT2D eigenvalue weighted by molar-refractivity contribution is 6.32. The quantitative estimate of drug-likeness (QED) is 0.650. The molecule has 2 heterocycles. The molecule has 0 aliphatic heterocycles. The van der Waals surface area contributed by atoms with E-state index in [9.17, 15) is 0 Å². The number of hydrogen-bond acceptors (Lipinski definition) is 2. The lowest BCUT2D eigenvalue weighted by molar-refractivity contribution is 0.720. The van der Waals surface area contributed by atoms with E-state index in [1.807, 2.05) is 24.3 Å². The molecule has 0 N–H and O–H groups in total. The van der Waals surface area contributed by atoms with Crippen molar-refractivity contribution in [2.24, 2.45) is 0 Å². The first-order chi connectivity index (χ1) is 10.2. The highest BCUT2D eigenvalue weighted by Gasteiger charge is 2.12. The van der Waals surface area contributed by atoms with Crippen LogP contribution in [0.5, 0.6) is 0 Å². The Labute approximate surface area is 133 Å². The molecule has 0 spiro atoms. The van der Waals surface area contributed by atoms with Crippen LogP contribution < -0.4 is 0 Å². The van der Waals surface area contributed by atoms with Crippen molar-refractivity contribution < 1.29 is 0 Å². The van der Waals surface area contributed by atoms with E-state index in [1.165, 1.54) is 0 Å². The van der Waals surface area contributed by atoms with Gasteiger partial charge in [-0.05, 0) is 24.6 Å². The number of fused-ring (bicyclic) bond motifs is 1. The van der Waals surface area contributed by atoms with E-state index in [0.717, 1.165) is 35.3 Å². The molecule has 0 saturated carbocycles. The number of rotatable bonds is 4. The van der Waals surface area contributed by atoms with Crippen LogP contribution in [0.25, 0.3) is 11.0 Å². The van der Waals surface area contributed by atoms with Crippen LogP contribution in [0, 0.1) is 0 Å². The van der Waals surface area contributed by atoms with E-state index >= 15 is 0 Å². The van der Waals surface area contributed by atoms with Crippen LogP contribution in [0.2, 0.25) is 10.3 Å². The average molecular weight is 320 g/mol. The third-order valence-corrected chi connectivity index (χ3v) is 3.97. The van der Waals surface area contributed by atoms with E-state index < -0.39 is 0 Å². The summed E-state index contributed by atoms with van der Waals surface area (Å²) >= 11 is 12.1. The van der Waals surface area contributed by atoms with Crippen LogP contribution in [-0.2, 0) is 13.0 Å². The number of benzene rings is 1. The molecule has 0 radical (unpaired) electrons. The molecule has 1 aromatic carbocycles. The summed E-state index contributed by atoms with van der Waals surface area (Å²) in [4.78, 5) is 8.83. The van der Waals surface area contributed by atoms with Crippen LogP contribution in [0.1, 0.15) is 24.7 Å². The second-order valence-electron chi connectivity index (χ2n) is 4.94. The van der Waals surface area contributed by atoms with E-state index in [2.05, 4.69) is 22.5 Å². The minimum atomic E-state index is 0.410. The summed E-state index contributed by atoms with van der Waals surface area (Å²) in [7, 11) is 0. The molecule has 0 aliphatic rings. The fourth-order valence-electron chi connectivity index (χ4n) is 2.45. The van der Waals surface area contributed by atoms with E-state index in [1.54, 1.807) is 6.07 Å². The van der Waals surface area contributed by atoms with Gasteiger partial charge in [-0.25, -0.2) is 9.97 Å². The number of pyridine rings is 1. The minimum Gasteiger partial charge on any atom is -0.323 e. The van der Waals surface area contributed by atoms with Gasteiger partial charge in [0.2, 0.25) is 0 Å². The molecular formula is C16H15Cl2N3. The Hall–Kier alpha value is -1.58. The first-order valence-electron chi connectivity index (χ1n) is 6.94. The number of halogens is 2. The summed E-state index contributed by atoms with van der Waals surface area (Å²) < 4.78 is 2.20. The second kappa shape index (κ2) is 6.04. The maximum absolute atomic E-state index is 6.20. The molecule has 0 fully saturated rings. The first kappa shape index (κ1) is 14.4. The molecule has 0 bridgehead atoms. The summed E-state index contributed by atoms with van der Waals surface area (Å²) in [6.45, 7) is 2.80. The largest absolute Gasteiger partial charge is 0.323 e. The van der Waals surface area contributed by atoms with Crippen molar-refractivity contribution in [3.8, 4) is 0 Å². The van der Waals surface area contributed by atoms with Crippen molar-refractivity contribution in [2.45, 2.75) is 26.3 Å². The van der Waals surface area contributed by atoms with Gasteiger partial charge in [0.05, 0.1) is 17.6 Å². The standard InChI is InChI=1S/C16H15Cl2N3/c1-2-5-15-19-12-6-3-4-7-13(12)21(15)10-11-8-9-14(17)20-16(11)18/h3-4,6-9H,2,5,10H2,1H3. The maximum atomic E-state index is 6.20. The summed E-state index contributed by atoms with van der Waals surface area (Å²) in [5.74, 6) is 1.07. The van der Waals surface area contributed by atoms with Crippen molar-refractivity contribution in [2.75, 3.05) is 0 Å². The zero-order valence-corrected chi connectivity index (χ0v) is 13.2. The Kier molecular flexibility index (Phi) is 4.13. The highest BCUT2D eigenvalue weighted by atomic mass is 35.5. The van der Waals surface area contributed by atoms with Crippen LogP contribution in [-0.4, -0.2) is 14.5 Å². The lowest BCUT2D eigenvalue weighted by atomic mass is 10.2. The smallest absolute Gasteiger partial charge is 0.135 e. The molecule has 0 unspecified atom stereocenters. The highest BCUT2D eigenvalue weighted by Crippen LogP contribution is 2.22. The molecule has 0 aliphatic carbocycles. The zero-order chi connectivity index (χ0) is 14.8. The third-order valence-electron chi connectivity index (χ3n) is 3.43. The second-order valence-corrected chi connectivity index (χ2v) is 5.68. The number of aryl methyl sites for hydroxylation is 1. The van der Waals surface area contributed by atoms with Gasteiger partial charge >= 0.3 is 0 Å². The lowest BCUT2D eigenvalue weighted by Gasteiger charge is -2.10. The number of imidazole rings is 1. The summed E-state index contributed by atoms with van der Waals surface area (Å²) in [6.07, 6.45) is 1.99. The Bertz CT molecular complexity index is 780. The molecule has 3 aromatic rings. The number of hydrogen-bond donors (Lipinski definition) is 0. The Balaban J connectivity index is 2.07. The average Bonchev–Trinajstić information content (AvgIpc) is 2.80. The predicted octanol–water partition coefficient (Wildman–Crippen LogP) is 4.74. The van der Waals surface area contributed by atoms with Crippen molar-refractivity contribution in [1.82, 2.24) is 14.5 Å². The van der Waals surface area contributed by atoms with Gasteiger partial charge < -0.3 is 4.57 Å². The van der Waals surface area contributed by atoms with Gasteiger partial charge in [0, 0.05) is 12.0 Å². The molecule has 108 valence electrons. The number of para-hydroxylation sites is 2. The Morgan fingerprint density at radius 3 is 2.62 bits per heavy atom. The molecular weight excluding hydrogens is 305 g/mol. The van der Waals surface area contributed by atoms with Crippen LogP contribution in [0.3, 0.4) is 0 Å². The van der Waals surface area contributed by atoms with Crippen molar-refractivity contribution in [3.05, 3.63) is 58.1 Å². The van der Waals surface area contributed by atoms with Gasteiger partial charge in [0.1, 0.15) is 16.1 Å². The molecule has 21 heavy (non-hydrogen) atoms. The van der Waals surface area contributed by atoms with Gasteiger partial charge in [-0.1, -0.05) is 48.3 Å². The van der Waals surface area contributed by atoms with Crippen LogP contribution in [0.4, 0.5) is 0 Å². The van der Waals surface area contributed by atoms with E-state index in [0.29, 0.717) is 16.9 Å². The van der Waals surface area contributed by atoms with Crippen molar-refractivity contribution >= 4 is 34.2 Å². The molecule has 2 aromatic heterocycles. The summed E-state index contributed by atoms with van der Waals surface area (Å²) in [5.41, 5.74) is 3.08. The monoisotopic (exact) mass is 319 g/mol. The SMILES string of the molecule is CCCc1nc2ccccc2n1Cc1ccc(Cl)nc1Cl. The first-order valence-corrected chi connectivity index (χ1v) is 7.69. The molecule has 3 rings (SSSR count). The van der Waals surface area contributed by atoms with Gasteiger partial charge in [0.15, 0.2) is 0 Å². The predicted molar refractivity (Wildman–Crippen MR) is 87.1 cm³/mol. The summed E-state index contributed by atoms with van der Waals surface area (Å²) in [5, 5.41) is 0.857. The topological polar surface area (TPSA) is 30.7 Å². The van der Waals surface area contributed by atoms with Crippen molar-refractivity contribution in [1.29, 1.82) is 0 Å². The lowest BCUT2D eigenvalue weighted by Crippen LogP contribution is -2.06. The van der Waals surface area contributed by atoms with Gasteiger partial charge in [0.25, 0.3) is 0 Å². The Morgan fingerprint density at radius 2 is 1.86 bits per heavy atom. The van der Waals surface area contributed by atoms with Gasteiger partial charge in [-0.3, -0.25) is 0 Å². The van der Waals surface area contributed by atoms with E-state index in [-0.39, 0.29) is 0 Å². The van der Waals surface area contributed by atoms with Gasteiger partial charge in [-0.2, -0.15) is 0 Å². The Morgan fingerprint density at radius 1 is 1.05 bits per heavy atom. The van der Waals surface area contributed by atoms with Crippen LogP contribution in [0.15, 0.2) is 36.4 Å². The maximum Gasteiger partial charge on any atom is 0.135 e. The van der Waals surface area contributed by atoms with Gasteiger partial charge in [-0.15, -0.1) is 0 Å². The molecule has 3 nitrogen and oxygen atoms in total. The molecule has 0 saturated heterocycles. The summed E-state index contributed by atoms with van der Waals surface area (Å²) in [6, 6.07) is 11.8. The van der Waals surface area contributed by atoms with Crippen molar-refractivity contribution in [3.63, 3.8) is 0 Å². The molecule has 5 heteroatoms. The van der Waals surface area contributed by atoms with E-state index in [4.69, 9.17) is 28.2 Å². The normalized spacial score (nSPS) is 11.2. The number of nitrogens with zero attached hydrogens (tertiary/aromatic N) is 3. The number of aromatic nitrogens is 3.